The number of likely N-dealkylation sites (tertiary alicyclic amines) is 1. The third-order valence-electron chi connectivity index (χ3n) is 6.54. The van der Waals surface area contributed by atoms with Crippen LogP contribution in [0.25, 0.3) is 11.5 Å². The van der Waals surface area contributed by atoms with Crippen LogP contribution in [0.3, 0.4) is 0 Å². The maximum absolute atomic E-state index is 14.9. The number of halogens is 3. The van der Waals surface area contributed by atoms with Crippen LogP contribution in [0.2, 0.25) is 0 Å². The average molecular weight is 487 g/mol. The predicted octanol–water partition coefficient (Wildman–Crippen LogP) is 3.50. The van der Waals surface area contributed by atoms with Crippen molar-refractivity contribution in [3.8, 4) is 11.5 Å². The SMILES string of the molecule is CN(c1ccccc1N(C=O)Cc1ccc(-c2nnc(C(F)F)o2)cc1F)C1CN(C2COC2)C1. The van der Waals surface area contributed by atoms with Gasteiger partial charge in [0, 0.05) is 31.3 Å². The fourth-order valence-corrected chi connectivity index (χ4v) is 4.28. The summed E-state index contributed by atoms with van der Waals surface area (Å²) in [6.45, 7) is 3.37. The first-order valence-corrected chi connectivity index (χ1v) is 11.2. The molecule has 3 heterocycles. The Morgan fingerprint density at radius 1 is 1.14 bits per heavy atom. The summed E-state index contributed by atoms with van der Waals surface area (Å²) >= 11 is 0. The van der Waals surface area contributed by atoms with E-state index in [1.165, 1.54) is 17.0 Å². The average Bonchev–Trinajstić information content (AvgIpc) is 3.29. The minimum absolute atomic E-state index is 0.0111. The molecule has 0 atom stereocenters. The summed E-state index contributed by atoms with van der Waals surface area (Å²) in [5, 5.41) is 6.81. The van der Waals surface area contributed by atoms with E-state index in [0.29, 0.717) is 24.2 Å². The van der Waals surface area contributed by atoms with Gasteiger partial charge in [0.25, 0.3) is 5.89 Å². The quantitative estimate of drug-likeness (QED) is 0.428. The van der Waals surface area contributed by atoms with E-state index in [-0.39, 0.29) is 23.6 Å². The lowest BCUT2D eigenvalue weighted by Crippen LogP contribution is -2.65. The zero-order valence-corrected chi connectivity index (χ0v) is 19.0. The topological polar surface area (TPSA) is 74.9 Å². The van der Waals surface area contributed by atoms with Gasteiger partial charge in [-0.15, -0.1) is 10.2 Å². The van der Waals surface area contributed by atoms with Crippen LogP contribution in [-0.2, 0) is 16.1 Å². The van der Waals surface area contributed by atoms with Gasteiger partial charge in [0.2, 0.25) is 12.3 Å². The van der Waals surface area contributed by atoms with Crippen LogP contribution in [-0.4, -0.2) is 66.9 Å². The minimum atomic E-state index is -2.91. The van der Waals surface area contributed by atoms with E-state index < -0.39 is 18.1 Å². The molecule has 0 spiro atoms. The first-order valence-electron chi connectivity index (χ1n) is 11.2. The van der Waals surface area contributed by atoms with E-state index in [4.69, 9.17) is 9.15 Å². The summed E-state index contributed by atoms with van der Waals surface area (Å²) in [7, 11) is 1.99. The number of ether oxygens (including phenoxy) is 1. The van der Waals surface area contributed by atoms with Crippen molar-refractivity contribution in [1.29, 1.82) is 0 Å². The summed E-state index contributed by atoms with van der Waals surface area (Å²) in [5.74, 6) is -1.64. The van der Waals surface area contributed by atoms with Gasteiger partial charge in [-0.3, -0.25) is 9.69 Å². The molecule has 5 rings (SSSR count). The van der Waals surface area contributed by atoms with Gasteiger partial charge in [-0.2, -0.15) is 8.78 Å². The van der Waals surface area contributed by atoms with Crippen LogP contribution in [0, 0.1) is 5.82 Å². The number of anilines is 2. The fourth-order valence-electron chi connectivity index (χ4n) is 4.28. The lowest BCUT2D eigenvalue weighted by atomic mass is 10.0. The lowest BCUT2D eigenvalue weighted by molar-refractivity contribution is -0.107. The molecule has 35 heavy (non-hydrogen) atoms. The van der Waals surface area contributed by atoms with Gasteiger partial charge >= 0.3 is 6.43 Å². The molecule has 2 aromatic carbocycles. The highest BCUT2D eigenvalue weighted by Crippen LogP contribution is 2.33. The number of aromatic nitrogens is 2. The Morgan fingerprint density at radius 3 is 2.49 bits per heavy atom. The molecule has 0 radical (unpaired) electrons. The monoisotopic (exact) mass is 487 g/mol. The molecule has 1 aromatic heterocycles. The normalized spacial score (nSPS) is 16.7. The second-order valence-electron chi connectivity index (χ2n) is 8.68. The Morgan fingerprint density at radius 2 is 1.89 bits per heavy atom. The Labute approximate surface area is 199 Å². The zero-order valence-electron chi connectivity index (χ0n) is 19.0. The maximum atomic E-state index is 14.9. The van der Waals surface area contributed by atoms with E-state index in [2.05, 4.69) is 20.0 Å². The van der Waals surface area contributed by atoms with Crippen LogP contribution in [0.5, 0.6) is 0 Å². The molecule has 2 saturated heterocycles. The molecule has 0 unspecified atom stereocenters. The summed E-state index contributed by atoms with van der Waals surface area (Å²) in [6.07, 6.45) is -2.24. The molecule has 3 aromatic rings. The second kappa shape index (κ2) is 9.67. The van der Waals surface area contributed by atoms with E-state index in [1.807, 2.05) is 31.3 Å². The Bertz CT molecular complexity index is 1200. The van der Waals surface area contributed by atoms with Crippen molar-refractivity contribution in [3.05, 3.63) is 59.7 Å². The van der Waals surface area contributed by atoms with Crippen LogP contribution in [0.15, 0.2) is 46.9 Å². The Hall–Kier alpha value is -3.44. The Kier molecular flexibility index (Phi) is 6.44. The van der Waals surface area contributed by atoms with Gasteiger partial charge in [0.1, 0.15) is 5.82 Å². The first-order chi connectivity index (χ1) is 16.9. The van der Waals surface area contributed by atoms with Gasteiger partial charge in [0.15, 0.2) is 0 Å². The zero-order chi connectivity index (χ0) is 24.5. The van der Waals surface area contributed by atoms with Crippen molar-refractivity contribution in [2.24, 2.45) is 0 Å². The third-order valence-corrected chi connectivity index (χ3v) is 6.54. The van der Waals surface area contributed by atoms with Gasteiger partial charge in [-0.25, -0.2) is 4.39 Å². The summed E-state index contributed by atoms with van der Waals surface area (Å²) in [4.78, 5) is 18.0. The third kappa shape index (κ3) is 4.61. The number of benzene rings is 2. The number of amides is 1. The number of alkyl halides is 2. The molecule has 2 aliphatic heterocycles. The fraction of sp³-hybridized carbons (Fsp3) is 0.375. The highest BCUT2D eigenvalue weighted by atomic mass is 19.3. The number of carbonyl (C=O) groups is 1. The summed E-state index contributed by atoms with van der Waals surface area (Å²) in [6, 6.07) is 12.4. The van der Waals surface area contributed by atoms with Crippen LogP contribution < -0.4 is 9.80 Å². The molecule has 184 valence electrons. The van der Waals surface area contributed by atoms with Crippen molar-refractivity contribution < 1.29 is 27.1 Å². The standard InChI is InChI=1S/C24H24F3N5O3/c1-30(17-10-31(11-17)18-12-34-13-18)20-4-2-3-5-21(20)32(14-33)9-16-7-6-15(8-19(16)25)23-28-29-24(35-23)22(26)27/h2-8,14,17-18,22H,9-13H2,1H3. The van der Waals surface area contributed by atoms with E-state index >= 15 is 0 Å². The molecule has 0 saturated carbocycles. The minimum Gasteiger partial charge on any atom is -0.415 e. The van der Waals surface area contributed by atoms with E-state index in [9.17, 15) is 18.0 Å². The molecule has 8 nitrogen and oxygen atoms in total. The van der Waals surface area contributed by atoms with Gasteiger partial charge in [-0.1, -0.05) is 18.2 Å². The highest BCUT2D eigenvalue weighted by molar-refractivity contribution is 5.84. The molecule has 11 heteroatoms. The van der Waals surface area contributed by atoms with E-state index in [1.54, 1.807) is 0 Å². The van der Waals surface area contributed by atoms with Crippen molar-refractivity contribution in [1.82, 2.24) is 15.1 Å². The van der Waals surface area contributed by atoms with Crippen LogP contribution in [0.1, 0.15) is 17.9 Å². The van der Waals surface area contributed by atoms with Crippen LogP contribution in [0.4, 0.5) is 24.5 Å². The first kappa shape index (κ1) is 23.3. The number of para-hydroxylation sites is 2. The van der Waals surface area contributed by atoms with Crippen LogP contribution >= 0.6 is 0 Å². The molecular formula is C24H24F3N5O3. The summed E-state index contributed by atoms with van der Waals surface area (Å²) in [5.41, 5.74) is 1.97. The number of carbonyl (C=O) groups excluding carboxylic acids is 1. The molecule has 0 aliphatic carbocycles. The molecule has 0 N–H and O–H groups in total. The number of rotatable bonds is 9. The van der Waals surface area contributed by atoms with Crippen molar-refractivity contribution in [2.75, 3.05) is 43.2 Å². The molecular weight excluding hydrogens is 463 g/mol. The second-order valence-corrected chi connectivity index (χ2v) is 8.68. The molecule has 0 bridgehead atoms. The number of nitrogens with zero attached hydrogens (tertiary/aromatic N) is 5. The number of likely N-dealkylation sites (N-methyl/N-ethyl adjacent to an activating group) is 1. The smallest absolute Gasteiger partial charge is 0.314 e. The molecule has 2 fully saturated rings. The van der Waals surface area contributed by atoms with Gasteiger partial charge in [-0.05, 0) is 24.3 Å². The van der Waals surface area contributed by atoms with E-state index in [0.717, 1.165) is 38.1 Å². The largest absolute Gasteiger partial charge is 0.415 e. The number of hydrogen-bond donors (Lipinski definition) is 0. The van der Waals surface area contributed by atoms with Crippen molar-refractivity contribution in [3.63, 3.8) is 0 Å². The van der Waals surface area contributed by atoms with Gasteiger partial charge < -0.3 is 19.0 Å². The highest BCUT2D eigenvalue weighted by Gasteiger charge is 2.38. The molecule has 1 amide bonds. The summed E-state index contributed by atoms with van der Waals surface area (Å²) < 4.78 is 50.5. The van der Waals surface area contributed by atoms with Crippen molar-refractivity contribution in [2.45, 2.75) is 25.1 Å². The predicted molar refractivity (Wildman–Crippen MR) is 122 cm³/mol. The van der Waals surface area contributed by atoms with Gasteiger partial charge in [0.05, 0.1) is 43.2 Å². The molecule has 2 aliphatic rings. The lowest BCUT2D eigenvalue weighted by Gasteiger charge is -2.51. The Balaban J connectivity index is 1.32. The number of hydrogen-bond acceptors (Lipinski definition) is 7. The maximum Gasteiger partial charge on any atom is 0.314 e. The van der Waals surface area contributed by atoms with Crippen molar-refractivity contribution >= 4 is 17.8 Å².